The predicted octanol–water partition coefficient (Wildman–Crippen LogP) is 4.29. The molecule has 1 heterocycles. The summed E-state index contributed by atoms with van der Waals surface area (Å²) >= 11 is 0. The molecular weight excluding hydrogens is 354 g/mol. The van der Waals surface area contributed by atoms with Gasteiger partial charge in [-0.2, -0.15) is 0 Å². The van der Waals surface area contributed by atoms with Crippen LogP contribution in [0.25, 0.3) is 11.1 Å². The smallest absolute Gasteiger partial charge is 0.255 e. The number of ether oxygens (including phenoxy) is 3. The van der Waals surface area contributed by atoms with Crippen LogP contribution in [0.15, 0.2) is 54.6 Å². The first-order valence-corrected chi connectivity index (χ1v) is 9.23. The number of methoxy groups -OCH3 is 1. The van der Waals surface area contributed by atoms with Crippen molar-refractivity contribution in [3.8, 4) is 28.4 Å². The van der Waals surface area contributed by atoms with Crippen LogP contribution in [-0.2, 0) is 6.42 Å². The van der Waals surface area contributed by atoms with Crippen molar-refractivity contribution in [2.75, 3.05) is 25.6 Å². The van der Waals surface area contributed by atoms with Crippen LogP contribution >= 0.6 is 0 Å². The van der Waals surface area contributed by atoms with E-state index in [1.807, 2.05) is 18.2 Å². The Kier molecular flexibility index (Phi) is 3.93. The molecule has 5 nitrogen and oxygen atoms in total. The minimum atomic E-state index is -0.221. The maximum atomic E-state index is 12.9. The van der Waals surface area contributed by atoms with E-state index in [0.29, 0.717) is 36.0 Å². The number of anilines is 1. The summed E-state index contributed by atoms with van der Waals surface area (Å²) in [6.45, 7) is 0.914. The average Bonchev–Trinajstić information content (AvgIpc) is 3.11. The second-order valence-corrected chi connectivity index (χ2v) is 6.86. The van der Waals surface area contributed by atoms with Gasteiger partial charge in [0.15, 0.2) is 11.5 Å². The Labute approximate surface area is 162 Å². The van der Waals surface area contributed by atoms with Gasteiger partial charge in [0.1, 0.15) is 13.2 Å². The van der Waals surface area contributed by atoms with E-state index in [9.17, 15) is 4.79 Å². The van der Waals surface area contributed by atoms with Gasteiger partial charge in [-0.25, -0.2) is 0 Å². The first-order valence-electron chi connectivity index (χ1n) is 9.23. The molecule has 3 aromatic carbocycles. The van der Waals surface area contributed by atoms with Crippen LogP contribution in [0.5, 0.6) is 17.2 Å². The number of benzene rings is 3. The van der Waals surface area contributed by atoms with E-state index >= 15 is 0 Å². The lowest BCUT2D eigenvalue weighted by atomic mass is 10.1. The average molecular weight is 373 g/mol. The molecule has 0 atom stereocenters. The van der Waals surface area contributed by atoms with Crippen molar-refractivity contribution in [3.63, 3.8) is 0 Å². The minimum Gasteiger partial charge on any atom is -0.493 e. The summed E-state index contributed by atoms with van der Waals surface area (Å²) in [6.07, 6.45) is 0.930. The summed E-state index contributed by atoms with van der Waals surface area (Å²) in [5, 5.41) is 2.99. The standard InChI is InChI=1S/C23H19NO4/c1-26-20-11-16(12-21-22(20)28-9-8-27-21)23(25)24-17-7-6-15-10-14-4-2-3-5-18(14)19(15)13-17/h2-7,11-13H,8-10H2,1H3,(H,24,25). The SMILES string of the molecule is COc1cc(C(=O)Nc2ccc3c(c2)-c2ccccc2C3)cc2c1OCCO2. The van der Waals surface area contributed by atoms with Gasteiger partial charge in [0.05, 0.1) is 7.11 Å². The molecule has 28 heavy (non-hydrogen) atoms. The van der Waals surface area contributed by atoms with E-state index in [1.54, 1.807) is 19.2 Å². The van der Waals surface area contributed by atoms with Crippen molar-refractivity contribution in [2.45, 2.75) is 6.42 Å². The van der Waals surface area contributed by atoms with Gasteiger partial charge in [-0.05, 0) is 52.9 Å². The summed E-state index contributed by atoms with van der Waals surface area (Å²) in [5.41, 5.74) is 6.22. The van der Waals surface area contributed by atoms with E-state index in [4.69, 9.17) is 14.2 Å². The molecular formula is C23H19NO4. The second kappa shape index (κ2) is 6.60. The van der Waals surface area contributed by atoms with Crippen LogP contribution in [0, 0.1) is 0 Å². The fraction of sp³-hybridized carbons (Fsp3) is 0.174. The number of fused-ring (bicyclic) bond motifs is 4. The Balaban J connectivity index is 1.44. The lowest BCUT2D eigenvalue weighted by Gasteiger charge is -2.21. The van der Waals surface area contributed by atoms with Gasteiger partial charge in [0.2, 0.25) is 5.75 Å². The molecule has 0 fully saturated rings. The van der Waals surface area contributed by atoms with E-state index < -0.39 is 0 Å². The third kappa shape index (κ3) is 2.76. The van der Waals surface area contributed by atoms with E-state index in [2.05, 4.69) is 29.6 Å². The Morgan fingerprint density at radius 2 is 1.79 bits per heavy atom. The van der Waals surface area contributed by atoms with Crippen molar-refractivity contribution in [1.82, 2.24) is 0 Å². The Hall–Kier alpha value is -3.47. The van der Waals surface area contributed by atoms with Crippen LogP contribution < -0.4 is 19.5 Å². The number of carbonyl (C=O) groups is 1. The van der Waals surface area contributed by atoms with Gasteiger partial charge in [-0.3, -0.25) is 4.79 Å². The third-order valence-corrected chi connectivity index (χ3v) is 5.15. The highest BCUT2D eigenvalue weighted by Crippen LogP contribution is 2.41. The number of carbonyl (C=O) groups excluding carboxylic acids is 1. The van der Waals surface area contributed by atoms with Crippen molar-refractivity contribution in [3.05, 3.63) is 71.3 Å². The molecule has 0 spiro atoms. The van der Waals surface area contributed by atoms with Gasteiger partial charge in [0.25, 0.3) is 5.91 Å². The molecule has 2 aliphatic rings. The monoisotopic (exact) mass is 373 g/mol. The summed E-state index contributed by atoms with van der Waals surface area (Å²) < 4.78 is 16.6. The zero-order valence-electron chi connectivity index (χ0n) is 15.5. The molecule has 1 aliphatic carbocycles. The second-order valence-electron chi connectivity index (χ2n) is 6.86. The van der Waals surface area contributed by atoms with Crippen LogP contribution in [0.1, 0.15) is 21.5 Å². The largest absolute Gasteiger partial charge is 0.493 e. The quantitative estimate of drug-likeness (QED) is 0.582. The van der Waals surface area contributed by atoms with Crippen LogP contribution in [0.3, 0.4) is 0 Å². The first-order chi connectivity index (χ1) is 13.7. The Morgan fingerprint density at radius 1 is 0.964 bits per heavy atom. The van der Waals surface area contributed by atoms with Gasteiger partial charge in [-0.15, -0.1) is 0 Å². The first kappa shape index (κ1) is 16.7. The number of rotatable bonds is 3. The van der Waals surface area contributed by atoms with Crippen molar-refractivity contribution >= 4 is 11.6 Å². The van der Waals surface area contributed by atoms with Crippen LogP contribution in [0.2, 0.25) is 0 Å². The maximum Gasteiger partial charge on any atom is 0.255 e. The summed E-state index contributed by atoms with van der Waals surface area (Å²) in [5.74, 6) is 1.34. The molecule has 140 valence electrons. The van der Waals surface area contributed by atoms with Crippen LogP contribution in [0.4, 0.5) is 5.69 Å². The molecule has 0 aromatic heterocycles. The van der Waals surface area contributed by atoms with Gasteiger partial charge in [-0.1, -0.05) is 30.3 Å². The highest BCUT2D eigenvalue weighted by Gasteiger charge is 2.22. The van der Waals surface area contributed by atoms with Crippen molar-refractivity contribution < 1.29 is 19.0 Å². The normalized spacial score (nSPS) is 13.5. The number of hydrogen-bond donors (Lipinski definition) is 1. The van der Waals surface area contributed by atoms with E-state index in [1.165, 1.54) is 22.3 Å². The molecule has 0 saturated carbocycles. The zero-order chi connectivity index (χ0) is 19.1. The molecule has 0 bridgehead atoms. The Morgan fingerprint density at radius 3 is 2.68 bits per heavy atom. The van der Waals surface area contributed by atoms with Crippen molar-refractivity contribution in [1.29, 1.82) is 0 Å². The predicted molar refractivity (Wildman–Crippen MR) is 107 cm³/mol. The van der Waals surface area contributed by atoms with E-state index in [0.717, 1.165) is 12.1 Å². The highest BCUT2D eigenvalue weighted by molar-refractivity contribution is 6.05. The molecule has 1 aliphatic heterocycles. The van der Waals surface area contributed by atoms with Gasteiger partial charge in [0, 0.05) is 11.3 Å². The minimum absolute atomic E-state index is 0.221. The number of nitrogens with one attached hydrogen (secondary N) is 1. The highest BCUT2D eigenvalue weighted by atomic mass is 16.6. The summed E-state index contributed by atoms with van der Waals surface area (Å²) in [7, 11) is 1.55. The maximum absolute atomic E-state index is 12.9. The topological polar surface area (TPSA) is 56.8 Å². The fourth-order valence-electron chi connectivity index (χ4n) is 3.81. The molecule has 0 radical (unpaired) electrons. The zero-order valence-corrected chi connectivity index (χ0v) is 15.5. The molecule has 0 saturated heterocycles. The lowest BCUT2D eigenvalue weighted by molar-refractivity contribution is 0.102. The summed E-state index contributed by atoms with van der Waals surface area (Å²) in [4.78, 5) is 12.9. The molecule has 1 amide bonds. The molecule has 3 aromatic rings. The fourth-order valence-corrected chi connectivity index (χ4v) is 3.81. The van der Waals surface area contributed by atoms with Crippen LogP contribution in [-0.4, -0.2) is 26.2 Å². The Bertz CT molecular complexity index is 1070. The summed E-state index contributed by atoms with van der Waals surface area (Å²) in [6, 6.07) is 17.8. The number of hydrogen-bond acceptors (Lipinski definition) is 4. The molecule has 5 rings (SSSR count). The molecule has 1 N–H and O–H groups in total. The van der Waals surface area contributed by atoms with E-state index in [-0.39, 0.29) is 5.91 Å². The van der Waals surface area contributed by atoms with Gasteiger partial charge >= 0.3 is 0 Å². The van der Waals surface area contributed by atoms with Crippen molar-refractivity contribution in [2.24, 2.45) is 0 Å². The number of amides is 1. The van der Waals surface area contributed by atoms with Gasteiger partial charge < -0.3 is 19.5 Å². The molecule has 0 unspecified atom stereocenters. The lowest BCUT2D eigenvalue weighted by Crippen LogP contribution is -2.18. The molecule has 5 heteroatoms. The third-order valence-electron chi connectivity index (χ3n) is 5.15.